The molecule has 2 unspecified atom stereocenters. The zero-order chi connectivity index (χ0) is 13.9. The summed E-state index contributed by atoms with van der Waals surface area (Å²) in [6, 6.07) is 9.93. The molecule has 0 N–H and O–H groups in total. The molecule has 4 nitrogen and oxygen atoms in total. The Morgan fingerprint density at radius 2 is 2.16 bits per heavy atom. The fraction of sp³-hybridized carbons (Fsp3) is 0.533. The highest BCUT2D eigenvalue weighted by molar-refractivity contribution is 5.55. The predicted octanol–water partition coefficient (Wildman–Crippen LogP) is 1.75. The highest BCUT2D eigenvalue weighted by Crippen LogP contribution is 2.39. The van der Waals surface area contributed by atoms with Crippen molar-refractivity contribution in [3.8, 4) is 0 Å². The standard InChI is InChI=1S/C15H21NO3/c1-3-13-11-15(19-14(17)18,9-10-16(13)2)12-7-5-4-6-8-12/h4-8,13H,3,9-11H2,1-2H3,(H,17,18)/p-1. The van der Waals surface area contributed by atoms with Crippen LogP contribution in [-0.4, -0.2) is 30.7 Å². The van der Waals surface area contributed by atoms with E-state index in [-0.39, 0.29) is 0 Å². The maximum atomic E-state index is 11.0. The first kappa shape index (κ1) is 13.9. The summed E-state index contributed by atoms with van der Waals surface area (Å²) in [6.45, 7) is 2.93. The van der Waals surface area contributed by atoms with Crippen molar-refractivity contribution in [2.24, 2.45) is 0 Å². The third kappa shape index (κ3) is 2.89. The van der Waals surface area contributed by atoms with Crippen LogP contribution in [0.5, 0.6) is 0 Å². The summed E-state index contributed by atoms with van der Waals surface area (Å²) in [5.74, 6) is 0. The number of rotatable bonds is 3. The number of likely N-dealkylation sites (tertiary alicyclic amines) is 1. The Bertz CT molecular complexity index is 434. The molecule has 1 aromatic carbocycles. The molecule has 2 rings (SSSR count). The molecule has 0 radical (unpaired) electrons. The first-order valence-corrected chi connectivity index (χ1v) is 6.73. The smallest absolute Gasteiger partial charge is 0.252 e. The van der Waals surface area contributed by atoms with Crippen molar-refractivity contribution in [3.05, 3.63) is 35.9 Å². The van der Waals surface area contributed by atoms with E-state index < -0.39 is 11.8 Å². The van der Waals surface area contributed by atoms with Gasteiger partial charge in [0.2, 0.25) is 0 Å². The molecule has 19 heavy (non-hydrogen) atoms. The minimum Gasteiger partial charge on any atom is -0.538 e. The molecule has 0 amide bonds. The van der Waals surface area contributed by atoms with Crippen LogP contribution in [0.25, 0.3) is 0 Å². The van der Waals surface area contributed by atoms with Crippen molar-refractivity contribution < 1.29 is 14.6 Å². The number of carbonyl (C=O) groups is 1. The van der Waals surface area contributed by atoms with E-state index >= 15 is 0 Å². The van der Waals surface area contributed by atoms with Gasteiger partial charge in [-0.15, -0.1) is 0 Å². The molecule has 0 aromatic heterocycles. The average Bonchev–Trinajstić information content (AvgIpc) is 2.41. The lowest BCUT2D eigenvalue weighted by atomic mass is 9.80. The maximum absolute atomic E-state index is 11.0. The fourth-order valence-corrected chi connectivity index (χ4v) is 2.95. The van der Waals surface area contributed by atoms with Crippen molar-refractivity contribution in [3.63, 3.8) is 0 Å². The van der Waals surface area contributed by atoms with Crippen LogP contribution < -0.4 is 5.11 Å². The van der Waals surface area contributed by atoms with Crippen molar-refractivity contribution in [1.29, 1.82) is 0 Å². The molecule has 2 atom stereocenters. The van der Waals surface area contributed by atoms with Gasteiger partial charge >= 0.3 is 0 Å². The summed E-state index contributed by atoms with van der Waals surface area (Å²) >= 11 is 0. The van der Waals surface area contributed by atoms with Gasteiger partial charge in [0, 0.05) is 12.6 Å². The Kier molecular flexibility index (Phi) is 4.10. The van der Waals surface area contributed by atoms with Crippen LogP contribution in [0.3, 0.4) is 0 Å². The average molecular weight is 262 g/mol. The number of nitrogens with zero attached hydrogens (tertiary/aromatic N) is 1. The van der Waals surface area contributed by atoms with Crippen LogP contribution in [0.15, 0.2) is 30.3 Å². The topological polar surface area (TPSA) is 52.6 Å². The number of carbonyl (C=O) groups excluding carboxylic acids is 1. The second-order valence-corrected chi connectivity index (χ2v) is 5.21. The van der Waals surface area contributed by atoms with Gasteiger partial charge in [-0.1, -0.05) is 37.3 Å². The summed E-state index contributed by atoms with van der Waals surface area (Å²) in [5.41, 5.74) is 0.165. The lowest BCUT2D eigenvalue weighted by Gasteiger charge is -2.47. The number of benzene rings is 1. The van der Waals surface area contributed by atoms with E-state index in [1.165, 1.54) is 0 Å². The van der Waals surface area contributed by atoms with E-state index in [0.29, 0.717) is 18.9 Å². The number of hydrogen-bond donors (Lipinski definition) is 0. The Balaban J connectivity index is 2.33. The molecular weight excluding hydrogens is 242 g/mol. The second kappa shape index (κ2) is 5.61. The normalized spacial score (nSPS) is 28.0. The zero-order valence-corrected chi connectivity index (χ0v) is 11.5. The number of piperidine rings is 1. The van der Waals surface area contributed by atoms with Gasteiger partial charge in [-0.2, -0.15) is 0 Å². The third-order valence-corrected chi connectivity index (χ3v) is 4.11. The molecule has 1 aromatic rings. The van der Waals surface area contributed by atoms with Crippen molar-refractivity contribution in [2.75, 3.05) is 13.6 Å². The third-order valence-electron chi connectivity index (χ3n) is 4.11. The minimum absolute atomic E-state index is 0.327. The number of carboxylic acid groups (broad SMARTS) is 1. The van der Waals surface area contributed by atoms with Gasteiger partial charge < -0.3 is 19.5 Å². The van der Waals surface area contributed by atoms with Crippen LogP contribution in [0.1, 0.15) is 31.7 Å². The summed E-state index contributed by atoms with van der Waals surface area (Å²) in [4.78, 5) is 13.2. The summed E-state index contributed by atoms with van der Waals surface area (Å²) in [5, 5.41) is 11.0. The van der Waals surface area contributed by atoms with Gasteiger partial charge in [0.15, 0.2) is 0 Å². The predicted molar refractivity (Wildman–Crippen MR) is 70.5 cm³/mol. The Hall–Kier alpha value is -1.55. The van der Waals surface area contributed by atoms with Gasteiger partial charge in [0.1, 0.15) is 0 Å². The van der Waals surface area contributed by atoms with E-state index in [4.69, 9.17) is 4.74 Å². The van der Waals surface area contributed by atoms with Crippen molar-refractivity contribution in [2.45, 2.75) is 37.8 Å². The van der Waals surface area contributed by atoms with E-state index in [0.717, 1.165) is 18.5 Å². The zero-order valence-electron chi connectivity index (χ0n) is 11.5. The molecule has 104 valence electrons. The van der Waals surface area contributed by atoms with E-state index in [2.05, 4.69) is 18.9 Å². The van der Waals surface area contributed by atoms with E-state index in [1.54, 1.807) is 0 Å². The van der Waals surface area contributed by atoms with Crippen LogP contribution in [0.2, 0.25) is 0 Å². The summed E-state index contributed by atoms with van der Waals surface area (Å²) in [6.07, 6.45) is 0.876. The Labute approximate surface area is 114 Å². The lowest BCUT2D eigenvalue weighted by molar-refractivity contribution is -0.300. The molecule has 0 saturated carbocycles. The first-order chi connectivity index (χ1) is 9.07. The largest absolute Gasteiger partial charge is 0.538 e. The molecule has 4 heteroatoms. The molecule has 0 spiro atoms. The molecule has 0 bridgehead atoms. The Morgan fingerprint density at radius 3 is 2.74 bits per heavy atom. The summed E-state index contributed by atoms with van der Waals surface area (Å²) in [7, 11) is 2.07. The summed E-state index contributed by atoms with van der Waals surface area (Å²) < 4.78 is 5.22. The van der Waals surface area contributed by atoms with Gasteiger partial charge in [-0.05, 0) is 31.9 Å². The quantitative estimate of drug-likeness (QED) is 0.779. The monoisotopic (exact) mass is 262 g/mol. The van der Waals surface area contributed by atoms with Gasteiger partial charge in [-0.3, -0.25) is 0 Å². The van der Waals surface area contributed by atoms with Crippen LogP contribution >= 0.6 is 0 Å². The fourth-order valence-electron chi connectivity index (χ4n) is 2.95. The number of hydrogen-bond acceptors (Lipinski definition) is 4. The minimum atomic E-state index is -1.44. The molecule has 1 fully saturated rings. The van der Waals surface area contributed by atoms with Gasteiger partial charge in [-0.25, -0.2) is 0 Å². The molecule has 0 aliphatic carbocycles. The first-order valence-electron chi connectivity index (χ1n) is 6.73. The van der Waals surface area contributed by atoms with Gasteiger partial charge in [0.25, 0.3) is 6.16 Å². The van der Waals surface area contributed by atoms with Crippen LogP contribution in [-0.2, 0) is 10.3 Å². The lowest BCUT2D eigenvalue weighted by Crippen LogP contribution is -2.50. The number of ether oxygens (including phenoxy) is 1. The van der Waals surface area contributed by atoms with Crippen molar-refractivity contribution in [1.82, 2.24) is 4.90 Å². The van der Waals surface area contributed by atoms with E-state index in [1.807, 2.05) is 30.3 Å². The highest BCUT2D eigenvalue weighted by atomic mass is 16.7. The molecule has 1 aliphatic rings. The van der Waals surface area contributed by atoms with Gasteiger partial charge in [0.05, 0.1) is 5.60 Å². The molecule has 1 saturated heterocycles. The molecular formula is C15H20NO3-. The van der Waals surface area contributed by atoms with Crippen LogP contribution in [0.4, 0.5) is 4.79 Å². The van der Waals surface area contributed by atoms with E-state index in [9.17, 15) is 9.90 Å². The SMILES string of the molecule is CCC1CC(OC(=O)[O-])(c2ccccc2)CCN1C. The Morgan fingerprint density at radius 1 is 1.47 bits per heavy atom. The van der Waals surface area contributed by atoms with Crippen LogP contribution in [0, 0.1) is 0 Å². The molecule has 1 heterocycles. The maximum Gasteiger partial charge on any atom is 0.252 e. The highest BCUT2D eigenvalue weighted by Gasteiger charge is 2.38. The van der Waals surface area contributed by atoms with Crippen molar-refractivity contribution >= 4 is 6.16 Å². The molecule has 1 aliphatic heterocycles. The second-order valence-electron chi connectivity index (χ2n) is 5.21.